The molecule has 2 aromatic rings. The quantitative estimate of drug-likeness (QED) is 0.508. The van der Waals surface area contributed by atoms with E-state index in [1.54, 1.807) is 6.07 Å². The van der Waals surface area contributed by atoms with E-state index >= 15 is 0 Å². The number of hydrogen-bond donors (Lipinski definition) is 0. The van der Waals surface area contributed by atoms with Crippen molar-refractivity contribution in [3.63, 3.8) is 0 Å². The van der Waals surface area contributed by atoms with E-state index in [0.29, 0.717) is 28.3 Å². The highest BCUT2D eigenvalue weighted by molar-refractivity contribution is 6.35. The number of ether oxygens (including phenoxy) is 2. The van der Waals surface area contributed by atoms with E-state index in [2.05, 4.69) is 25.7 Å². The van der Waals surface area contributed by atoms with Gasteiger partial charge >= 0.3 is 0 Å². The van der Waals surface area contributed by atoms with Crippen molar-refractivity contribution in [3.05, 3.63) is 63.1 Å². The largest absolute Gasteiger partial charge is 0.376 e. The average molecular weight is 443 g/mol. The Hall–Kier alpha value is -0.970. The van der Waals surface area contributed by atoms with Crippen LogP contribution in [0.5, 0.6) is 0 Å². The van der Waals surface area contributed by atoms with Gasteiger partial charge in [0.25, 0.3) is 0 Å². The van der Waals surface area contributed by atoms with E-state index in [1.165, 1.54) is 0 Å². The van der Waals surface area contributed by atoms with Gasteiger partial charge in [0.05, 0.1) is 24.4 Å². The highest BCUT2D eigenvalue weighted by Gasteiger charge is 2.31. The summed E-state index contributed by atoms with van der Waals surface area (Å²) in [6.45, 7) is 8.14. The van der Waals surface area contributed by atoms with Gasteiger partial charge in [0.2, 0.25) is 0 Å². The van der Waals surface area contributed by atoms with Crippen LogP contribution in [0.25, 0.3) is 0 Å². The van der Waals surface area contributed by atoms with Crippen LogP contribution in [0.2, 0.25) is 15.1 Å². The summed E-state index contributed by atoms with van der Waals surface area (Å²) in [4.78, 5) is 2.33. The van der Waals surface area contributed by atoms with Crippen molar-refractivity contribution < 1.29 is 9.47 Å². The average Bonchev–Trinajstić information content (AvgIpc) is 2.62. The lowest BCUT2D eigenvalue weighted by Gasteiger charge is -2.42. The molecule has 3 rings (SSSR count). The van der Waals surface area contributed by atoms with Gasteiger partial charge in [-0.1, -0.05) is 40.9 Å². The second-order valence-corrected chi connectivity index (χ2v) is 9.30. The Morgan fingerprint density at radius 2 is 1.71 bits per heavy atom. The second kappa shape index (κ2) is 9.23. The van der Waals surface area contributed by atoms with E-state index in [-0.39, 0.29) is 17.7 Å². The molecule has 0 spiro atoms. The summed E-state index contributed by atoms with van der Waals surface area (Å²) in [6.07, 6.45) is 0.919. The van der Waals surface area contributed by atoms with Gasteiger partial charge in [-0.15, -0.1) is 0 Å². The van der Waals surface area contributed by atoms with Gasteiger partial charge in [-0.05, 0) is 69.2 Å². The van der Waals surface area contributed by atoms with E-state index in [0.717, 1.165) is 24.2 Å². The molecule has 1 fully saturated rings. The van der Waals surface area contributed by atoms with Crippen LogP contribution in [-0.4, -0.2) is 31.5 Å². The number of hydrogen-bond acceptors (Lipinski definition) is 3. The van der Waals surface area contributed by atoms with Crippen LogP contribution in [0.4, 0.5) is 5.69 Å². The molecule has 0 N–H and O–H groups in total. The van der Waals surface area contributed by atoms with Crippen LogP contribution in [0.15, 0.2) is 42.5 Å². The van der Waals surface area contributed by atoms with E-state index < -0.39 is 0 Å². The first kappa shape index (κ1) is 21.7. The summed E-state index contributed by atoms with van der Waals surface area (Å²) in [5.41, 5.74) is 1.94. The Kier molecular flexibility index (Phi) is 7.17. The minimum absolute atomic E-state index is 0.00530. The Morgan fingerprint density at radius 1 is 1.04 bits per heavy atom. The monoisotopic (exact) mass is 441 g/mol. The lowest BCUT2D eigenvalue weighted by atomic mass is 10.0. The Balaban J connectivity index is 1.81. The lowest BCUT2D eigenvalue weighted by molar-refractivity contribution is -0.0418. The fourth-order valence-corrected chi connectivity index (χ4v) is 4.00. The summed E-state index contributed by atoms with van der Waals surface area (Å²) in [5.74, 6) is 0. The summed E-state index contributed by atoms with van der Waals surface area (Å²) in [7, 11) is 0. The molecule has 0 saturated carbocycles. The molecule has 6 heteroatoms. The van der Waals surface area contributed by atoms with Crippen LogP contribution in [0, 0.1) is 0 Å². The predicted molar refractivity (Wildman–Crippen MR) is 118 cm³/mol. The Bertz CT molecular complexity index is 789. The first-order valence-electron chi connectivity index (χ1n) is 9.45. The fourth-order valence-electron chi connectivity index (χ4n) is 3.34. The van der Waals surface area contributed by atoms with Crippen molar-refractivity contribution in [1.82, 2.24) is 0 Å². The van der Waals surface area contributed by atoms with Crippen LogP contribution >= 0.6 is 34.8 Å². The van der Waals surface area contributed by atoms with Gasteiger partial charge < -0.3 is 14.4 Å². The van der Waals surface area contributed by atoms with Crippen molar-refractivity contribution in [2.24, 2.45) is 0 Å². The third-order valence-corrected chi connectivity index (χ3v) is 5.54. The molecular formula is C22H26Cl3NO2. The maximum atomic E-state index is 6.50. The molecule has 0 radical (unpaired) electrons. The first-order valence-corrected chi connectivity index (χ1v) is 10.6. The smallest absolute Gasteiger partial charge is 0.0792 e. The molecular weight excluding hydrogens is 417 g/mol. The van der Waals surface area contributed by atoms with Crippen molar-refractivity contribution in [3.8, 4) is 0 Å². The molecule has 0 aliphatic carbocycles. The number of anilines is 1. The zero-order valence-corrected chi connectivity index (χ0v) is 18.7. The molecule has 1 heterocycles. The predicted octanol–water partition coefficient (Wildman–Crippen LogP) is 6.80. The van der Waals surface area contributed by atoms with Gasteiger partial charge in [0.15, 0.2) is 0 Å². The molecule has 0 aromatic heterocycles. The molecule has 2 atom stereocenters. The third kappa shape index (κ3) is 5.77. The van der Waals surface area contributed by atoms with Gasteiger partial charge in [0.1, 0.15) is 0 Å². The van der Waals surface area contributed by atoms with Crippen molar-refractivity contribution >= 4 is 40.5 Å². The minimum Gasteiger partial charge on any atom is -0.376 e. The molecule has 152 valence electrons. The molecule has 1 saturated heterocycles. The van der Waals surface area contributed by atoms with E-state index in [1.807, 2.05) is 36.4 Å². The summed E-state index contributed by atoms with van der Waals surface area (Å²) in [6, 6.07) is 13.5. The Labute approximate surface area is 182 Å². The maximum Gasteiger partial charge on any atom is 0.0792 e. The summed E-state index contributed by atoms with van der Waals surface area (Å²) < 4.78 is 12.1. The standard InChI is InChI=1S/C22H26Cl3NO2/c1-22(2,3)28-11-10-18-13-26(17-7-4-15(23)5-8-17)21(14-27-18)19-9-6-16(24)12-20(19)25/h4-9,12,18,21H,10-11,13-14H2,1-3H3. The molecule has 28 heavy (non-hydrogen) atoms. The highest BCUT2D eigenvalue weighted by Crippen LogP contribution is 2.36. The van der Waals surface area contributed by atoms with Gasteiger partial charge in [0, 0.05) is 33.9 Å². The maximum absolute atomic E-state index is 6.50. The number of rotatable bonds is 5. The van der Waals surface area contributed by atoms with Crippen molar-refractivity contribution in [1.29, 1.82) is 0 Å². The molecule has 0 amide bonds. The zero-order valence-electron chi connectivity index (χ0n) is 16.4. The number of benzene rings is 2. The van der Waals surface area contributed by atoms with Crippen LogP contribution < -0.4 is 4.90 Å². The third-order valence-electron chi connectivity index (χ3n) is 4.72. The fraction of sp³-hybridized carbons (Fsp3) is 0.455. The zero-order chi connectivity index (χ0) is 20.3. The van der Waals surface area contributed by atoms with E-state index in [9.17, 15) is 0 Å². The molecule has 2 unspecified atom stereocenters. The van der Waals surface area contributed by atoms with Crippen LogP contribution in [0.3, 0.4) is 0 Å². The molecule has 3 nitrogen and oxygen atoms in total. The van der Waals surface area contributed by atoms with Gasteiger partial charge in [-0.3, -0.25) is 0 Å². The summed E-state index contributed by atoms with van der Waals surface area (Å²) >= 11 is 18.7. The normalized spacial score (nSPS) is 20.4. The van der Waals surface area contributed by atoms with Crippen molar-refractivity contribution in [2.45, 2.75) is 44.9 Å². The molecule has 0 bridgehead atoms. The SMILES string of the molecule is CC(C)(C)OCCC1CN(c2ccc(Cl)cc2)C(c2ccc(Cl)cc2Cl)CO1. The number of halogens is 3. The molecule has 1 aliphatic heterocycles. The lowest BCUT2D eigenvalue weighted by Crippen LogP contribution is -2.45. The molecule has 2 aromatic carbocycles. The second-order valence-electron chi connectivity index (χ2n) is 8.02. The minimum atomic E-state index is -0.149. The highest BCUT2D eigenvalue weighted by atomic mass is 35.5. The van der Waals surface area contributed by atoms with Crippen LogP contribution in [0.1, 0.15) is 38.8 Å². The molecule has 1 aliphatic rings. The number of nitrogens with zero attached hydrogens (tertiary/aromatic N) is 1. The van der Waals surface area contributed by atoms with Crippen LogP contribution in [-0.2, 0) is 9.47 Å². The van der Waals surface area contributed by atoms with Crippen molar-refractivity contribution in [2.75, 3.05) is 24.7 Å². The first-order chi connectivity index (χ1) is 13.2. The Morgan fingerprint density at radius 3 is 2.36 bits per heavy atom. The van der Waals surface area contributed by atoms with Gasteiger partial charge in [-0.2, -0.15) is 0 Å². The number of morpholine rings is 1. The summed E-state index contributed by atoms with van der Waals surface area (Å²) in [5, 5.41) is 1.99. The topological polar surface area (TPSA) is 21.7 Å². The van der Waals surface area contributed by atoms with Gasteiger partial charge in [-0.25, -0.2) is 0 Å². The van der Waals surface area contributed by atoms with E-state index in [4.69, 9.17) is 44.3 Å².